The summed E-state index contributed by atoms with van der Waals surface area (Å²) in [6.45, 7) is 31.9. The van der Waals surface area contributed by atoms with Crippen molar-refractivity contribution in [3.8, 4) is 0 Å². The third kappa shape index (κ3) is 6.34. The molecule has 178 valence electrons. The highest BCUT2D eigenvalue weighted by atomic mass is 31.1. The van der Waals surface area contributed by atoms with Crippen molar-refractivity contribution in [3.05, 3.63) is 48.5 Å². The lowest BCUT2D eigenvalue weighted by Gasteiger charge is -2.44. The van der Waals surface area contributed by atoms with Crippen LogP contribution in [0.15, 0.2) is 48.5 Å². The zero-order valence-corrected chi connectivity index (χ0v) is 26.0. The van der Waals surface area contributed by atoms with E-state index >= 15 is 0 Å². The third-order valence-electron chi connectivity index (χ3n) is 5.97. The number of benzene rings is 2. The lowest BCUT2D eigenvalue weighted by molar-refractivity contribution is 0.714. The molecule has 0 nitrogen and oxygen atoms in total. The summed E-state index contributed by atoms with van der Waals surface area (Å²) in [4.78, 5) is 0. The van der Waals surface area contributed by atoms with Crippen molar-refractivity contribution < 1.29 is 0 Å². The summed E-state index contributed by atoms with van der Waals surface area (Å²) >= 11 is 0. The summed E-state index contributed by atoms with van der Waals surface area (Å²) in [6, 6.07) is 18.9. The smallest absolute Gasteiger partial charge is 0.0644 e. The Labute approximate surface area is 204 Å². The van der Waals surface area contributed by atoms with Gasteiger partial charge in [0.1, 0.15) is 8.80 Å². The van der Waals surface area contributed by atoms with E-state index < -0.39 is 8.80 Å². The molecule has 0 spiro atoms. The average Bonchev–Trinajstić information content (AvgIpc) is 2.57. The first-order valence-electron chi connectivity index (χ1n) is 12.2. The van der Waals surface area contributed by atoms with E-state index in [1.165, 1.54) is 0 Å². The van der Waals surface area contributed by atoms with Gasteiger partial charge in [0.25, 0.3) is 0 Å². The van der Waals surface area contributed by atoms with Crippen LogP contribution in [0.1, 0.15) is 83.1 Å². The highest BCUT2D eigenvalue weighted by Crippen LogP contribution is 2.59. The van der Waals surface area contributed by atoms with Crippen LogP contribution in [0.25, 0.3) is 0 Å². The maximum Gasteiger partial charge on any atom is 0.101 e. The summed E-state index contributed by atoms with van der Waals surface area (Å²) in [5.41, 5.74) is 0. The van der Waals surface area contributed by atoms with Crippen LogP contribution < -0.4 is 21.0 Å². The van der Waals surface area contributed by atoms with Crippen molar-refractivity contribution in [2.24, 2.45) is 0 Å². The van der Waals surface area contributed by atoms with Crippen molar-refractivity contribution in [3.63, 3.8) is 0 Å². The minimum absolute atomic E-state index is 0.279. The molecular formula is C29H48P2Si. The first-order valence-corrected chi connectivity index (χ1v) is 17.1. The molecule has 0 saturated heterocycles. The van der Waals surface area contributed by atoms with Crippen LogP contribution in [-0.2, 0) is 0 Å². The molecule has 0 aromatic heterocycles. The molecular weight excluding hydrogens is 438 g/mol. The number of hydrogen-bond donors (Lipinski definition) is 0. The van der Waals surface area contributed by atoms with E-state index in [1.54, 1.807) is 21.0 Å². The Kier molecular flexibility index (Phi) is 8.36. The van der Waals surface area contributed by atoms with Gasteiger partial charge in [-0.25, -0.2) is 0 Å². The number of hydrogen-bond acceptors (Lipinski definition) is 0. The van der Waals surface area contributed by atoms with Crippen molar-refractivity contribution >= 4 is 45.6 Å². The molecule has 0 aliphatic heterocycles. The van der Waals surface area contributed by atoms with Crippen LogP contribution in [-0.4, -0.2) is 29.4 Å². The van der Waals surface area contributed by atoms with Crippen LogP contribution in [0.3, 0.4) is 0 Å². The SMILES string of the molecule is C[SiH](c1ccccc1P(C(C)(C)C)C(C)(C)C)c1ccccc1P(C(C)(C)C)C(C)(C)C. The van der Waals surface area contributed by atoms with Gasteiger partial charge in [0, 0.05) is 0 Å². The van der Waals surface area contributed by atoms with E-state index in [9.17, 15) is 0 Å². The Bertz CT molecular complexity index is 801. The molecule has 32 heavy (non-hydrogen) atoms. The maximum absolute atomic E-state index is 2.58. The van der Waals surface area contributed by atoms with E-state index in [2.05, 4.69) is 138 Å². The van der Waals surface area contributed by atoms with Gasteiger partial charge >= 0.3 is 0 Å². The van der Waals surface area contributed by atoms with Gasteiger partial charge in [-0.2, -0.15) is 0 Å². The fourth-order valence-corrected chi connectivity index (χ4v) is 17.9. The van der Waals surface area contributed by atoms with Crippen LogP contribution in [0, 0.1) is 0 Å². The van der Waals surface area contributed by atoms with Crippen LogP contribution in [0.2, 0.25) is 6.55 Å². The minimum atomic E-state index is -1.36. The van der Waals surface area contributed by atoms with E-state index in [-0.39, 0.29) is 36.5 Å². The fraction of sp³-hybridized carbons (Fsp3) is 0.586. The molecule has 2 aromatic rings. The summed E-state index contributed by atoms with van der Waals surface area (Å²) in [5.74, 6) is 0. The minimum Gasteiger partial charge on any atom is -0.0644 e. The molecule has 2 rings (SSSR count). The van der Waals surface area contributed by atoms with Gasteiger partial charge < -0.3 is 0 Å². The zero-order chi connectivity index (χ0) is 24.7. The van der Waals surface area contributed by atoms with Gasteiger partial charge in [-0.05, 0) is 31.2 Å². The summed E-state index contributed by atoms with van der Waals surface area (Å²) < 4.78 is 0. The van der Waals surface area contributed by atoms with Gasteiger partial charge in [-0.3, -0.25) is 0 Å². The molecule has 3 heteroatoms. The van der Waals surface area contributed by atoms with Gasteiger partial charge in [-0.1, -0.05) is 164 Å². The summed E-state index contributed by atoms with van der Waals surface area (Å²) in [6.07, 6.45) is 0. The van der Waals surface area contributed by atoms with Crippen molar-refractivity contribution in [1.82, 2.24) is 0 Å². The lowest BCUT2D eigenvalue weighted by atomic mass is 10.2. The third-order valence-corrected chi connectivity index (χ3v) is 16.5. The molecule has 0 radical (unpaired) electrons. The predicted molar refractivity (Wildman–Crippen MR) is 157 cm³/mol. The van der Waals surface area contributed by atoms with Gasteiger partial charge in [0.2, 0.25) is 0 Å². The molecule has 0 amide bonds. The van der Waals surface area contributed by atoms with Gasteiger partial charge in [0.15, 0.2) is 0 Å². The van der Waals surface area contributed by atoms with Crippen LogP contribution in [0.5, 0.6) is 0 Å². The molecule has 0 unspecified atom stereocenters. The standard InChI is InChI=1S/C29H48P2Si/c1-26(2,3)30(27(4,5)6)22-18-14-16-20-24(22)32(13)25-21-17-15-19-23(25)31(28(7,8)9)29(10,11)12/h14-21,32H,1-13H3. The molecule has 0 saturated carbocycles. The lowest BCUT2D eigenvalue weighted by Crippen LogP contribution is -2.53. The van der Waals surface area contributed by atoms with Crippen molar-refractivity contribution in [1.29, 1.82) is 0 Å². The Morgan fingerprint density at radius 1 is 0.469 bits per heavy atom. The normalized spacial score (nSPS) is 14.0. The largest absolute Gasteiger partial charge is 0.101 e. The van der Waals surface area contributed by atoms with Crippen LogP contribution >= 0.6 is 15.8 Å². The molecule has 0 N–H and O–H groups in total. The summed E-state index contributed by atoms with van der Waals surface area (Å²) in [5, 5.41) is 7.73. The molecule has 0 atom stereocenters. The molecule has 0 fully saturated rings. The Morgan fingerprint density at radius 3 is 0.969 bits per heavy atom. The molecule has 0 heterocycles. The molecule has 0 bridgehead atoms. The van der Waals surface area contributed by atoms with E-state index in [1.807, 2.05) is 0 Å². The highest BCUT2D eigenvalue weighted by Gasteiger charge is 2.40. The first kappa shape index (κ1) is 27.8. The van der Waals surface area contributed by atoms with E-state index in [0.717, 1.165) is 0 Å². The second-order valence-corrected chi connectivity index (χ2v) is 23.6. The van der Waals surface area contributed by atoms with Gasteiger partial charge in [-0.15, -0.1) is 0 Å². The summed E-state index contributed by atoms with van der Waals surface area (Å²) in [7, 11) is -1.99. The molecule has 2 aromatic carbocycles. The molecule has 0 aliphatic carbocycles. The highest BCUT2D eigenvalue weighted by molar-refractivity contribution is 7.70. The Hall–Kier alpha value is -0.483. The van der Waals surface area contributed by atoms with Crippen molar-refractivity contribution in [2.75, 3.05) is 0 Å². The van der Waals surface area contributed by atoms with Crippen LogP contribution in [0.4, 0.5) is 0 Å². The van der Waals surface area contributed by atoms with Gasteiger partial charge in [0.05, 0.1) is 0 Å². The monoisotopic (exact) mass is 486 g/mol. The molecule has 0 aliphatic rings. The second kappa shape index (κ2) is 9.64. The predicted octanol–water partition coefficient (Wildman–Crippen LogP) is 7.07. The first-order chi connectivity index (χ1) is 14.4. The van der Waals surface area contributed by atoms with E-state index in [4.69, 9.17) is 0 Å². The van der Waals surface area contributed by atoms with E-state index in [0.29, 0.717) is 0 Å². The fourth-order valence-electron chi connectivity index (χ4n) is 5.74. The topological polar surface area (TPSA) is 0 Å². The quantitative estimate of drug-likeness (QED) is 0.320. The average molecular weight is 487 g/mol. The maximum atomic E-state index is 2.58. The number of rotatable bonds is 4. The Balaban J connectivity index is 2.74. The zero-order valence-electron chi connectivity index (χ0n) is 23.1. The Morgan fingerprint density at radius 2 is 0.719 bits per heavy atom. The second-order valence-electron chi connectivity index (χ2n) is 13.2. The van der Waals surface area contributed by atoms with Crippen molar-refractivity contribution in [2.45, 2.75) is 110 Å².